The van der Waals surface area contributed by atoms with Gasteiger partial charge in [-0.3, -0.25) is 0 Å². The van der Waals surface area contributed by atoms with Gasteiger partial charge < -0.3 is 31.1 Å². The van der Waals surface area contributed by atoms with Crippen LogP contribution < -0.4 is 0 Å². The zero-order valence-electron chi connectivity index (χ0n) is 7.21. The van der Waals surface area contributed by atoms with Gasteiger partial charge in [0, 0.05) is 13.2 Å². The summed E-state index contributed by atoms with van der Waals surface area (Å²) in [6.07, 6.45) is 2.56. The molecule has 0 aromatic rings. The van der Waals surface area contributed by atoms with E-state index in [1.807, 2.05) is 0 Å². The van der Waals surface area contributed by atoms with Crippen LogP contribution in [-0.2, 0) is 32.0 Å². The quantitative estimate of drug-likeness (QED) is 0.377. The molecule has 0 radical (unpaired) electrons. The average Bonchev–Trinajstić information content (AvgIpc) is 2.35. The Labute approximate surface area is 98.0 Å². The Hall–Kier alpha value is 0.462. The molecule has 0 aromatic carbocycles. The second kappa shape index (κ2) is 15.9. The van der Waals surface area contributed by atoms with Crippen LogP contribution in [0.5, 0.6) is 0 Å². The van der Waals surface area contributed by atoms with Crippen LogP contribution in [0.25, 0.3) is 0 Å². The van der Waals surface area contributed by atoms with Crippen LogP contribution in [0.2, 0.25) is 0 Å². The number of hydrogen-bond acceptors (Lipinski definition) is 1. The molecule has 1 fully saturated rings. The normalized spacial score (nSPS) is 13.7. The zero-order valence-corrected chi connectivity index (χ0v) is 11.2. The predicted molar refractivity (Wildman–Crippen MR) is 33.2 cm³/mol. The van der Waals surface area contributed by atoms with Gasteiger partial charge >= 0.3 is 27.3 Å². The summed E-state index contributed by atoms with van der Waals surface area (Å²) in [7, 11) is 0. The van der Waals surface area contributed by atoms with E-state index in [1.54, 1.807) is 0 Å². The van der Waals surface area contributed by atoms with Crippen molar-refractivity contribution in [2.75, 3.05) is 13.2 Å². The van der Waals surface area contributed by atoms with Crippen molar-refractivity contribution < 1.29 is 58.4 Å². The van der Waals surface area contributed by atoms with Crippen molar-refractivity contribution in [3.63, 3.8) is 0 Å². The SMILES string of the molecule is C1CCOC1.F[C-](F)F.F[C-](F)F.[Cd+2]. The van der Waals surface area contributed by atoms with Crippen molar-refractivity contribution in [3.05, 3.63) is 13.4 Å². The van der Waals surface area contributed by atoms with E-state index in [0.717, 1.165) is 13.2 Å². The van der Waals surface area contributed by atoms with Crippen LogP contribution in [0.15, 0.2) is 0 Å². The number of hydrogen-bond donors (Lipinski definition) is 0. The third kappa shape index (κ3) is 54.9. The Morgan fingerprint density at radius 3 is 1.00 bits per heavy atom. The molecule has 0 amide bonds. The molecular weight excluding hydrogens is 314 g/mol. The van der Waals surface area contributed by atoms with E-state index in [-0.39, 0.29) is 27.3 Å². The molecule has 0 saturated carbocycles. The van der Waals surface area contributed by atoms with Crippen molar-refractivity contribution in [3.8, 4) is 0 Å². The molecule has 0 atom stereocenters. The summed E-state index contributed by atoms with van der Waals surface area (Å²) >= 11 is 0. The monoisotopic (exact) mass is 324 g/mol. The first-order valence-corrected chi connectivity index (χ1v) is 3.21. The largest absolute Gasteiger partial charge is 2.00 e. The fraction of sp³-hybridized carbons (Fsp3) is 0.667. The summed E-state index contributed by atoms with van der Waals surface area (Å²) in [5, 5.41) is 0. The first-order valence-electron chi connectivity index (χ1n) is 3.21. The molecule has 0 aliphatic carbocycles. The van der Waals surface area contributed by atoms with E-state index in [0.29, 0.717) is 0 Å². The van der Waals surface area contributed by atoms with Crippen molar-refractivity contribution >= 4 is 0 Å². The Morgan fingerprint density at radius 1 is 0.714 bits per heavy atom. The maximum atomic E-state index is 9.58. The molecule has 0 unspecified atom stereocenters. The van der Waals surface area contributed by atoms with Crippen molar-refractivity contribution in [2.45, 2.75) is 12.8 Å². The van der Waals surface area contributed by atoms with E-state index >= 15 is 0 Å². The van der Waals surface area contributed by atoms with Gasteiger partial charge in [0.25, 0.3) is 0 Å². The Kier molecular flexibility index (Phi) is 22.7. The number of halogens is 6. The molecule has 8 heteroatoms. The van der Waals surface area contributed by atoms with Crippen molar-refractivity contribution in [2.24, 2.45) is 0 Å². The van der Waals surface area contributed by atoms with Crippen LogP contribution in [0, 0.1) is 13.4 Å². The minimum Gasteiger partial charge on any atom is -0.385 e. The molecule has 1 heterocycles. The average molecular weight is 323 g/mol. The fourth-order valence-corrected chi connectivity index (χ4v) is 0.510. The van der Waals surface area contributed by atoms with Gasteiger partial charge in [0.2, 0.25) is 0 Å². The summed E-state index contributed by atoms with van der Waals surface area (Å²) in [5.41, 5.74) is 0. The maximum absolute atomic E-state index is 9.58. The first-order chi connectivity index (χ1) is 5.96. The van der Waals surface area contributed by atoms with E-state index < -0.39 is 13.4 Å². The topological polar surface area (TPSA) is 9.23 Å². The fourth-order valence-electron chi connectivity index (χ4n) is 0.510. The molecule has 0 spiro atoms. The molecule has 1 rings (SSSR count). The van der Waals surface area contributed by atoms with Crippen molar-refractivity contribution in [1.29, 1.82) is 0 Å². The van der Waals surface area contributed by atoms with Gasteiger partial charge in [-0.25, -0.2) is 0 Å². The summed E-state index contributed by atoms with van der Waals surface area (Å²) in [6.45, 7) is -4.17. The second-order valence-electron chi connectivity index (χ2n) is 1.75. The zero-order chi connectivity index (χ0) is 10.7. The third-order valence-electron chi connectivity index (χ3n) is 0.827. The molecule has 1 aliphatic rings. The minimum atomic E-state index is -3.08. The van der Waals surface area contributed by atoms with Gasteiger partial charge in [-0.15, -0.1) is 0 Å². The Balaban J connectivity index is -0.000000127. The van der Waals surface area contributed by atoms with Gasteiger partial charge in [0.1, 0.15) is 0 Å². The molecule has 1 saturated heterocycles. The van der Waals surface area contributed by atoms with E-state index in [4.69, 9.17) is 4.74 Å². The smallest absolute Gasteiger partial charge is 0.385 e. The van der Waals surface area contributed by atoms with Gasteiger partial charge in [0.05, 0.1) is 0 Å². The molecule has 82 valence electrons. The maximum Gasteiger partial charge on any atom is 2.00 e. The van der Waals surface area contributed by atoms with Crippen LogP contribution in [0.1, 0.15) is 12.8 Å². The van der Waals surface area contributed by atoms with Crippen LogP contribution >= 0.6 is 0 Å². The van der Waals surface area contributed by atoms with Crippen LogP contribution in [0.4, 0.5) is 26.3 Å². The second-order valence-corrected chi connectivity index (χ2v) is 1.75. The summed E-state index contributed by atoms with van der Waals surface area (Å²) < 4.78 is 62.4. The van der Waals surface area contributed by atoms with Crippen LogP contribution in [0.3, 0.4) is 0 Å². The van der Waals surface area contributed by atoms with Gasteiger partial charge in [-0.2, -0.15) is 0 Å². The number of rotatable bonds is 0. The van der Waals surface area contributed by atoms with Gasteiger partial charge in [-0.1, -0.05) is 0 Å². The summed E-state index contributed by atoms with van der Waals surface area (Å²) in [6, 6.07) is 0. The molecule has 14 heavy (non-hydrogen) atoms. The molecule has 1 nitrogen and oxygen atoms in total. The third-order valence-corrected chi connectivity index (χ3v) is 0.827. The molecule has 0 aromatic heterocycles. The van der Waals surface area contributed by atoms with Crippen molar-refractivity contribution in [1.82, 2.24) is 0 Å². The molecule has 0 bridgehead atoms. The first kappa shape index (κ1) is 19.9. The van der Waals surface area contributed by atoms with E-state index in [1.165, 1.54) is 12.8 Å². The molecular formula is C6H8CdF6O. The van der Waals surface area contributed by atoms with E-state index in [9.17, 15) is 26.3 Å². The Morgan fingerprint density at radius 2 is 0.929 bits per heavy atom. The predicted octanol–water partition coefficient (Wildman–Crippen LogP) is 3.48. The van der Waals surface area contributed by atoms with Gasteiger partial charge in [-0.05, 0) is 12.8 Å². The van der Waals surface area contributed by atoms with Crippen LogP contribution in [-0.4, -0.2) is 13.2 Å². The minimum absolute atomic E-state index is 0. The Bertz CT molecular complexity index is 71.3. The number of ether oxygens (including phenoxy) is 1. The summed E-state index contributed by atoms with van der Waals surface area (Å²) in [4.78, 5) is 0. The molecule has 1 aliphatic heterocycles. The molecule has 0 N–H and O–H groups in total. The van der Waals surface area contributed by atoms with E-state index in [2.05, 4.69) is 0 Å². The summed E-state index contributed by atoms with van der Waals surface area (Å²) in [5.74, 6) is 0. The standard InChI is InChI=1S/C4H8O.2CF3.Cd/c1-2-4-5-3-1;2*2-1(3)4;/h1-4H2;;;/q;2*-1;+2. The van der Waals surface area contributed by atoms with Gasteiger partial charge in [0.15, 0.2) is 13.4 Å².